The fourth-order valence-electron chi connectivity index (χ4n) is 2.84. The van der Waals surface area contributed by atoms with Gasteiger partial charge in [-0.2, -0.15) is 10.4 Å². The third-order valence-corrected chi connectivity index (χ3v) is 5.30. The van der Waals surface area contributed by atoms with Crippen molar-refractivity contribution in [3.05, 3.63) is 66.2 Å². The van der Waals surface area contributed by atoms with Crippen molar-refractivity contribution in [2.75, 3.05) is 12.0 Å². The van der Waals surface area contributed by atoms with Crippen molar-refractivity contribution in [2.45, 2.75) is 6.92 Å². The average molecular weight is 400 g/mol. The molecule has 142 valence electrons. The molecule has 0 aliphatic carbocycles. The first-order chi connectivity index (χ1) is 14.3. The number of anilines is 1. The Morgan fingerprint density at radius 3 is 2.93 bits per heavy atom. The number of rotatable bonds is 6. The third-order valence-electron chi connectivity index (χ3n) is 4.08. The highest BCUT2D eigenvalue weighted by molar-refractivity contribution is 7.23. The lowest BCUT2D eigenvalue weighted by Gasteiger charge is -2.08. The van der Waals surface area contributed by atoms with Crippen LogP contribution in [0, 0.1) is 11.3 Å². The van der Waals surface area contributed by atoms with E-state index in [1.807, 2.05) is 43.3 Å². The maximum atomic E-state index is 9.80. The van der Waals surface area contributed by atoms with Crippen LogP contribution in [-0.2, 0) is 0 Å². The van der Waals surface area contributed by atoms with E-state index < -0.39 is 0 Å². The number of para-hydroxylation sites is 1. The van der Waals surface area contributed by atoms with Gasteiger partial charge in [-0.05, 0) is 25.1 Å². The van der Waals surface area contributed by atoms with E-state index in [1.54, 1.807) is 18.6 Å². The third kappa shape index (κ3) is 3.77. The van der Waals surface area contributed by atoms with Gasteiger partial charge in [-0.3, -0.25) is 10.4 Å². The molecular formula is C21H16N6OS. The van der Waals surface area contributed by atoms with Gasteiger partial charge in [0.1, 0.15) is 23.7 Å². The molecule has 0 atom stereocenters. The second kappa shape index (κ2) is 8.46. The number of hydrazone groups is 1. The molecule has 7 nitrogen and oxygen atoms in total. The van der Waals surface area contributed by atoms with Gasteiger partial charge in [0.2, 0.25) is 0 Å². The molecule has 1 aromatic carbocycles. The Morgan fingerprint density at radius 1 is 1.24 bits per heavy atom. The number of nitriles is 1. The number of hydrogen-bond donors (Lipinski definition) is 1. The molecule has 1 N–H and O–H groups in total. The van der Waals surface area contributed by atoms with Crippen LogP contribution in [0.4, 0.5) is 5.82 Å². The van der Waals surface area contributed by atoms with E-state index in [4.69, 9.17) is 4.74 Å². The van der Waals surface area contributed by atoms with Crippen molar-refractivity contribution < 1.29 is 4.74 Å². The van der Waals surface area contributed by atoms with Gasteiger partial charge in [0.05, 0.1) is 28.0 Å². The summed E-state index contributed by atoms with van der Waals surface area (Å²) in [5, 5.41) is 14.0. The van der Waals surface area contributed by atoms with Crippen LogP contribution in [0.3, 0.4) is 0 Å². The SMILES string of the molecule is CCOc1ccccc1-c1sc2c(N/N=C/c3cccnc3)ncnc2c1C#N. The second-order valence-corrected chi connectivity index (χ2v) is 6.92. The predicted octanol–water partition coefficient (Wildman–Crippen LogP) is 4.47. The van der Waals surface area contributed by atoms with Crippen LogP contribution >= 0.6 is 11.3 Å². The normalized spacial score (nSPS) is 10.9. The molecular weight excluding hydrogens is 384 g/mol. The molecule has 0 radical (unpaired) electrons. The topological polar surface area (TPSA) is 96.1 Å². The average Bonchev–Trinajstić information content (AvgIpc) is 3.14. The minimum absolute atomic E-state index is 0.499. The lowest BCUT2D eigenvalue weighted by molar-refractivity contribution is 0.341. The Morgan fingerprint density at radius 2 is 2.14 bits per heavy atom. The number of nitrogens with one attached hydrogen (secondary N) is 1. The lowest BCUT2D eigenvalue weighted by atomic mass is 10.1. The van der Waals surface area contributed by atoms with Crippen LogP contribution < -0.4 is 10.2 Å². The van der Waals surface area contributed by atoms with Crippen LogP contribution in [-0.4, -0.2) is 27.8 Å². The van der Waals surface area contributed by atoms with E-state index >= 15 is 0 Å². The van der Waals surface area contributed by atoms with Gasteiger partial charge in [-0.1, -0.05) is 18.2 Å². The van der Waals surface area contributed by atoms with E-state index in [0.29, 0.717) is 23.5 Å². The fourth-order valence-corrected chi connectivity index (χ4v) is 4.01. The summed E-state index contributed by atoms with van der Waals surface area (Å²) in [6, 6.07) is 13.7. The number of aromatic nitrogens is 3. The molecule has 4 aromatic rings. The first-order valence-electron chi connectivity index (χ1n) is 8.90. The molecule has 4 rings (SSSR count). The molecule has 0 fully saturated rings. The van der Waals surface area contributed by atoms with Crippen LogP contribution in [0.25, 0.3) is 20.7 Å². The molecule has 8 heteroatoms. The zero-order valence-electron chi connectivity index (χ0n) is 15.5. The standard InChI is InChI=1S/C21H16N6OS/c1-2-28-17-8-4-3-7-15(17)19-16(10-22)18-20(29-19)21(25-13-24-18)27-26-12-14-6-5-9-23-11-14/h3-9,11-13H,2H2,1H3,(H,24,25,27)/b26-12+. The highest BCUT2D eigenvalue weighted by atomic mass is 32.1. The summed E-state index contributed by atoms with van der Waals surface area (Å²) in [6.45, 7) is 2.47. The predicted molar refractivity (Wildman–Crippen MR) is 114 cm³/mol. The molecule has 0 saturated heterocycles. The highest BCUT2D eigenvalue weighted by Crippen LogP contribution is 2.43. The van der Waals surface area contributed by atoms with Crippen LogP contribution in [0.1, 0.15) is 18.1 Å². The van der Waals surface area contributed by atoms with E-state index in [1.165, 1.54) is 17.7 Å². The van der Waals surface area contributed by atoms with Gasteiger partial charge < -0.3 is 4.74 Å². The molecule has 0 aliphatic heterocycles. The van der Waals surface area contributed by atoms with Crippen molar-refractivity contribution in [1.29, 1.82) is 5.26 Å². The molecule has 3 aromatic heterocycles. The van der Waals surface area contributed by atoms with Crippen molar-refractivity contribution >= 4 is 33.6 Å². The smallest absolute Gasteiger partial charge is 0.167 e. The quantitative estimate of drug-likeness (QED) is 0.379. The number of fused-ring (bicyclic) bond motifs is 1. The van der Waals surface area contributed by atoms with Crippen molar-refractivity contribution in [3.63, 3.8) is 0 Å². The minimum atomic E-state index is 0.499. The number of ether oxygens (including phenoxy) is 1. The first-order valence-corrected chi connectivity index (χ1v) is 9.72. The Kier molecular flexibility index (Phi) is 5.40. The summed E-state index contributed by atoms with van der Waals surface area (Å²) >= 11 is 1.44. The second-order valence-electron chi connectivity index (χ2n) is 5.90. The Labute approximate surface area is 171 Å². The minimum Gasteiger partial charge on any atom is -0.493 e. The van der Waals surface area contributed by atoms with E-state index in [2.05, 4.69) is 31.5 Å². The molecule has 0 amide bonds. The van der Waals surface area contributed by atoms with Crippen LogP contribution in [0.5, 0.6) is 5.75 Å². The Balaban J connectivity index is 1.76. The number of hydrogen-bond acceptors (Lipinski definition) is 8. The number of pyridine rings is 1. The Hall–Kier alpha value is -3.83. The largest absolute Gasteiger partial charge is 0.493 e. The van der Waals surface area contributed by atoms with E-state index in [-0.39, 0.29) is 0 Å². The van der Waals surface area contributed by atoms with Gasteiger partial charge in [0, 0.05) is 23.5 Å². The van der Waals surface area contributed by atoms with Crippen molar-refractivity contribution in [3.8, 4) is 22.3 Å². The molecule has 0 aliphatic rings. The van der Waals surface area contributed by atoms with Crippen molar-refractivity contribution in [2.24, 2.45) is 5.10 Å². The van der Waals surface area contributed by atoms with Gasteiger partial charge in [-0.15, -0.1) is 11.3 Å². The fraction of sp³-hybridized carbons (Fsp3) is 0.0952. The first kappa shape index (κ1) is 18.5. The molecule has 3 heterocycles. The highest BCUT2D eigenvalue weighted by Gasteiger charge is 2.20. The van der Waals surface area contributed by atoms with E-state index in [0.717, 1.165) is 26.5 Å². The maximum absolute atomic E-state index is 9.80. The van der Waals surface area contributed by atoms with Gasteiger partial charge in [-0.25, -0.2) is 9.97 Å². The van der Waals surface area contributed by atoms with Gasteiger partial charge in [0.25, 0.3) is 0 Å². The monoisotopic (exact) mass is 400 g/mol. The van der Waals surface area contributed by atoms with Gasteiger partial charge >= 0.3 is 0 Å². The van der Waals surface area contributed by atoms with Crippen molar-refractivity contribution in [1.82, 2.24) is 15.0 Å². The molecule has 0 unspecified atom stereocenters. The summed E-state index contributed by atoms with van der Waals surface area (Å²) < 4.78 is 6.51. The summed E-state index contributed by atoms with van der Waals surface area (Å²) in [6.07, 6.45) is 6.50. The lowest BCUT2D eigenvalue weighted by Crippen LogP contribution is -1.95. The number of thiophene rings is 1. The summed E-state index contributed by atoms with van der Waals surface area (Å²) in [4.78, 5) is 13.5. The Bertz CT molecular complexity index is 1210. The molecule has 0 spiro atoms. The van der Waals surface area contributed by atoms with Crippen LogP contribution in [0.2, 0.25) is 0 Å². The van der Waals surface area contributed by atoms with Crippen LogP contribution in [0.15, 0.2) is 60.2 Å². The summed E-state index contributed by atoms with van der Waals surface area (Å²) in [7, 11) is 0. The molecule has 29 heavy (non-hydrogen) atoms. The summed E-state index contributed by atoms with van der Waals surface area (Å²) in [5.41, 5.74) is 5.76. The van der Waals surface area contributed by atoms with E-state index in [9.17, 15) is 5.26 Å². The summed E-state index contributed by atoms with van der Waals surface area (Å²) in [5.74, 6) is 1.27. The zero-order valence-corrected chi connectivity index (χ0v) is 16.3. The molecule has 0 saturated carbocycles. The number of benzene rings is 1. The zero-order chi connectivity index (χ0) is 20.1. The number of nitrogens with zero attached hydrogens (tertiary/aromatic N) is 5. The molecule has 0 bridgehead atoms. The maximum Gasteiger partial charge on any atom is 0.167 e. The van der Waals surface area contributed by atoms with Gasteiger partial charge in [0.15, 0.2) is 5.82 Å².